The Morgan fingerprint density at radius 1 is 0.958 bits per heavy atom. The molecule has 0 saturated heterocycles. The number of carboxylic acids is 1. The van der Waals surface area contributed by atoms with Crippen LogP contribution >= 0.6 is 0 Å². The lowest BCUT2D eigenvalue weighted by Crippen LogP contribution is -2.68. The fourth-order valence-corrected chi connectivity index (χ4v) is 13.1. The first-order chi connectivity index (χ1) is 22.5. The van der Waals surface area contributed by atoms with Crippen molar-refractivity contribution in [3.63, 3.8) is 0 Å². The Bertz CT molecular complexity index is 1460. The average Bonchev–Trinajstić information content (AvgIpc) is 3.39. The highest BCUT2D eigenvalue weighted by Gasteiger charge is 2.70. The van der Waals surface area contributed by atoms with E-state index in [4.69, 9.17) is 4.74 Å². The van der Waals surface area contributed by atoms with Gasteiger partial charge in [-0.15, -0.1) is 0 Å². The number of nitrogens with zero attached hydrogens (tertiary/aromatic N) is 1. The second kappa shape index (κ2) is 12.4. The number of allylic oxidation sites excluding steroid dienone is 3. The molecule has 48 heavy (non-hydrogen) atoms. The summed E-state index contributed by atoms with van der Waals surface area (Å²) in [7, 11) is 3.72. The van der Waals surface area contributed by atoms with Crippen LogP contribution in [0.4, 0.5) is 0 Å². The zero-order valence-electron chi connectivity index (χ0n) is 31.1. The third kappa shape index (κ3) is 5.34. The molecule has 0 spiro atoms. The lowest BCUT2D eigenvalue weighted by atomic mass is 9.33. The van der Waals surface area contributed by atoms with Crippen LogP contribution in [0.2, 0.25) is 0 Å². The van der Waals surface area contributed by atoms with Gasteiger partial charge < -0.3 is 15.2 Å². The minimum absolute atomic E-state index is 0.00423. The largest absolute Gasteiger partial charge is 0.478 e. The number of carboxylic acid groups (broad SMARTS) is 1. The molecule has 0 aromatic heterocycles. The van der Waals surface area contributed by atoms with Crippen molar-refractivity contribution in [2.24, 2.45) is 51.2 Å². The number of carbonyl (C=O) groups excluding carboxylic acids is 1. The van der Waals surface area contributed by atoms with Crippen molar-refractivity contribution in [3.8, 4) is 0 Å². The lowest BCUT2D eigenvalue weighted by Gasteiger charge is -2.72. The van der Waals surface area contributed by atoms with E-state index >= 15 is 0 Å². The van der Waals surface area contributed by atoms with Gasteiger partial charge >= 0.3 is 5.97 Å². The van der Waals surface area contributed by atoms with E-state index in [1.54, 1.807) is 19.2 Å². The molecular weight excluding hydrogens is 596 g/mol. The Kier molecular flexibility index (Phi) is 9.15. The summed E-state index contributed by atoms with van der Waals surface area (Å²) in [4.78, 5) is 27.2. The topological polar surface area (TPSA) is 78.9 Å². The molecule has 1 amide bonds. The summed E-state index contributed by atoms with van der Waals surface area (Å²) in [5.41, 5.74) is 4.68. The van der Waals surface area contributed by atoms with Crippen molar-refractivity contribution in [2.45, 2.75) is 105 Å². The standard InChI is InChI=1S/C42H62N2O4/c1-27(2)30-16-21-42(43-35(45)26-44(8)24-25-48-9)23-22-40(6)32(36(30)42)14-15-34-39(5)19-17-31(28-10-12-29(13-11-28)37(46)47)38(3,4)33(39)18-20-41(34,40)7/h10-13,17,30,32-34,36H,1,14-16,18-26H2,2-9H3,(H,43,45)(H,46,47). The van der Waals surface area contributed by atoms with Crippen LogP contribution in [-0.4, -0.2) is 61.3 Å². The molecule has 0 aliphatic heterocycles. The van der Waals surface area contributed by atoms with Crippen molar-refractivity contribution in [1.82, 2.24) is 10.2 Å². The van der Waals surface area contributed by atoms with Crippen molar-refractivity contribution in [1.29, 1.82) is 0 Å². The Labute approximate surface area is 290 Å². The highest BCUT2D eigenvalue weighted by molar-refractivity contribution is 5.88. The Morgan fingerprint density at radius 3 is 2.31 bits per heavy atom. The van der Waals surface area contributed by atoms with Crippen molar-refractivity contribution < 1.29 is 19.4 Å². The van der Waals surface area contributed by atoms with Crippen molar-refractivity contribution >= 4 is 17.4 Å². The van der Waals surface area contributed by atoms with E-state index in [0.29, 0.717) is 48.3 Å². The molecule has 4 saturated carbocycles. The summed E-state index contributed by atoms with van der Waals surface area (Å²) in [5.74, 6) is 1.95. The first-order valence-corrected chi connectivity index (χ1v) is 18.7. The fourth-order valence-electron chi connectivity index (χ4n) is 13.1. The highest BCUT2D eigenvalue weighted by Crippen LogP contribution is 2.76. The van der Waals surface area contributed by atoms with Crippen LogP contribution in [0.1, 0.15) is 115 Å². The maximum Gasteiger partial charge on any atom is 0.335 e. The zero-order valence-corrected chi connectivity index (χ0v) is 31.1. The van der Waals surface area contributed by atoms with Gasteiger partial charge in [-0.2, -0.15) is 0 Å². The molecule has 9 atom stereocenters. The summed E-state index contributed by atoms with van der Waals surface area (Å²) in [6.07, 6.45) is 13.0. The maximum absolute atomic E-state index is 13.6. The minimum atomic E-state index is -0.873. The zero-order chi connectivity index (χ0) is 34.9. The van der Waals surface area contributed by atoms with Gasteiger partial charge in [-0.05, 0) is 146 Å². The molecule has 1 aromatic carbocycles. The van der Waals surface area contributed by atoms with Crippen LogP contribution in [0, 0.1) is 51.2 Å². The first kappa shape index (κ1) is 35.4. The minimum Gasteiger partial charge on any atom is -0.478 e. The molecule has 5 aliphatic carbocycles. The van der Waals surface area contributed by atoms with E-state index in [2.05, 4.69) is 64.4 Å². The summed E-state index contributed by atoms with van der Waals surface area (Å²) in [6.45, 7) is 21.4. The van der Waals surface area contributed by atoms with Gasteiger partial charge in [-0.3, -0.25) is 9.69 Å². The van der Waals surface area contributed by atoms with Crippen LogP contribution in [0.25, 0.3) is 5.57 Å². The first-order valence-electron chi connectivity index (χ1n) is 18.7. The predicted molar refractivity (Wildman–Crippen MR) is 194 cm³/mol. The van der Waals surface area contributed by atoms with Crippen LogP contribution in [0.15, 0.2) is 42.5 Å². The van der Waals surface area contributed by atoms with E-state index < -0.39 is 5.97 Å². The number of fused-ring (bicyclic) bond motifs is 7. The van der Waals surface area contributed by atoms with Crippen LogP contribution in [0.3, 0.4) is 0 Å². The molecule has 6 nitrogen and oxygen atoms in total. The highest BCUT2D eigenvalue weighted by atomic mass is 16.5. The molecule has 9 unspecified atom stereocenters. The third-order valence-corrected chi connectivity index (χ3v) is 15.6. The number of hydrogen-bond donors (Lipinski definition) is 2. The van der Waals surface area contributed by atoms with Gasteiger partial charge in [0.25, 0.3) is 0 Å². The van der Waals surface area contributed by atoms with Crippen LogP contribution in [-0.2, 0) is 9.53 Å². The van der Waals surface area contributed by atoms with Gasteiger partial charge in [0, 0.05) is 19.2 Å². The van der Waals surface area contributed by atoms with Gasteiger partial charge in [0.05, 0.1) is 18.7 Å². The number of hydrogen-bond acceptors (Lipinski definition) is 4. The number of benzene rings is 1. The lowest BCUT2D eigenvalue weighted by molar-refractivity contribution is -0.219. The van der Waals surface area contributed by atoms with Gasteiger partial charge in [0.15, 0.2) is 0 Å². The smallest absolute Gasteiger partial charge is 0.335 e. The number of amides is 1. The Balaban J connectivity index is 1.30. The summed E-state index contributed by atoms with van der Waals surface area (Å²) >= 11 is 0. The van der Waals surface area contributed by atoms with Crippen molar-refractivity contribution in [2.75, 3.05) is 33.9 Å². The molecule has 0 radical (unpaired) electrons. The fraction of sp³-hybridized carbons (Fsp3) is 0.714. The molecule has 0 bridgehead atoms. The average molecular weight is 659 g/mol. The number of nitrogens with one attached hydrogen (secondary N) is 1. The molecular formula is C42H62N2O4. The van der Waals surface area contributed by atoms with Gasteiger partial charge in [-0.25, -0.2) is 4.79 Å². The van der Waals surface area contributed by atoms with E-state index in [9.17, 15) is 14.7 Å². The molecule has 2 N–H and O–H groups in total. The van der Waals surface area contributed by atoms with Crippen LogP contribution < -0.4 is 5.32 Å². The van der Waals surface area contributed by atoms with E-state index in [1.807, 2.05) is 19.2 Å². The molecule has 0 heterocycles. The molecule has 6 heteroatoms. The second-order valence-electron chi connectivity index (χ2n) is 18.0. The summed E-state index contributed by atoms with van der Waals surface area (Å²) < 4.78 is 5.26. The Hall–Kier alpha value is -2.44. The Morgan fingerprint density at radius 2 is 1.67 bits per heavy atom. The second-order valence-corrected chi connectivity index (χ2v) is 18.0. The molecule has 5 aliphatic rings. The van der Waals surface area contributed by atoms with Crippen molar-refractivity contribution in [3.05, 3.63) is 53.6 Å². The number of methoxy groups -OCH3 is 1. The maximum atomic E-state index is 13.6. The monoisotopic (exact) mass is 658 g/mol. The summed E-state index contributed by atoms with van der Waals surface area (Å²) in [5, 5.41) is 13.2. The number of rotatable bonds is 9. The molecule has 6 rings (SSSR count). The molecule has 1 aromatic rings. The van der Waals surface area contributed by atoms with Crippen LogP contribution in [0.5, 0.6) is 0 Å². The van der Waals surface area contributed by atoms with Gasteiger partial charge in [0.2, 0.25) is 5.91 Å². The van der Waals surface area contributed by atoms with Gasteiger partial charge in [-0.1, -0.05) is 65.0 Å². The van der Waals surface area contributed by atoms with E-state index in [1.165, 1.54) is 48.8 Å². The van der Waals surface area contributed by atoms with Gasteiger partial charge in [0.1, 0.15) is 0 Å². The molecule has 4 fully saturated rings. The summed E-state index contributed by atoms with van der Waals surface area (Å²) in [6, 6.07) is 7.55. The number of likely N-dealkylation sites (N-methyl/N-ethyl adjacent to an activating group) is 1. The molecule has 264 valence electrons. The van der Waals surface area contributed by atoms with E-state index in [-0.39, 0.29) is 33.1 Å². The quantitative estimate of drug-likeness (QED) is 0.260. The number of ether oxygens (including phenoxy) is 1. The predicted octanol–water partition coefficient (Wildman–Crippen LogP) is 8.48. The SMILES string of the molecule is C=C(C)C1CCC2(NC(=O)CN(C)CCOC)CCC3(C)C(CCC4C5(C)CC=C(c6ccc(C(=O)O)cc6)C(C)(C)C5CCC43C)C12. The normalized spacial score (nSPS) is 39.8. The third-order valence-electron chi connectivity index (χ3n) is 15.6. The number of aromatic carboxylic acids is 1. The number of carbonyl (C=O) groups is 2. The van der Waals surface area contributed by atoms with E-state index in [0.717, 1.165) is 32.2 Å².